The van der Waals surface area contributed by atoms with Gasteiger partial charge in [-0.2, -0.15) is 15.4 Å². The van der Waals surface area contributed by atoms with Gasteiger partial charge >= 0.3 is 0 Å². The van der Waals surface area contributed by atoms with E-state index in [1.54, 1.807) is 0 Å². The minimum Gasteiger partial charge on any atom is -0.491 e. The van der Waals surface area contributed by atoms with Crippen LogP contribution in [0.15, 0.2) is 24.4 Å². The van der Waals surface area contributed by atoms with Gasteiger partial charge in [0.2, 0.25) is 0 Å². The van der Waals surface area contributed by atoms with Crippen LogP contribution in [0, 0.1) is 6.92 Å². The molecule has 0 fully saturated rings. The first kappa shape index (κ1) is 13.1. The largest absolute Gasteiger partial charge is 0.491 e. The number of benzene rings is 1. The van der Waals surface area contributed by atoms with Crippen LogP contribution in [0.3, 0.4) is 0 Å². The van der Waals surface area contributed by atoms with Crippen LogP contribution in [-0.2, 0) is 0 Å². The first-order valence-electron chi connectivity index (χ1n) is 6.11. The number of aromatic nitrogens is 3. The van der Waals surface area contributed by atoms with Crippen LogP contribution >= 0.6 is 0 Å². The average Bonchev–Trinajstić information content (AvgIpc) is 2.93. The summed E-state index contributed by atoms with van der Waals surface area (Å²) in [7, 11) is 0. The molecule has 0 bridgehead atoms. The van der Waals surface area contributed by atoms with Gasteiger partial charge in [0.05, 0.1) is 18.5 Å². The van der Waals surface area contributed by atoms with Crippen LogP contribution in [0.1, 0.15) is 29.4 Å². The molecule has 2 aromatic rings. The Labute approximate surface area is 111 Å². The normalized spacial score (nSPS) is 10.2. The van der Waals surface area contributed by atoms with E-state index in [-0.39, 0.29) is 11.6 Å². The summed E-state index contributed by atoms with van der Waals surface area (Å²) in [6.07, 6.45) is 2.28. The Hall–Kier alpha value is -2.37. The topological polar surface area (TPSA) is 79.9 Å². The lowest BCUT2D eigenvalue weighted by Gasteiger charge is -2.12. The molecule has 0 saturated carbocycles. The third-order valence-electron chi connectivity index (χ3n) is 2.49. The molecule has 2 N–H and O–H groups in total. The summed E-state index contributed by atoms with van der Waals surface area (Å²) < 4.78 is 5.63. The van der Waals surface area contributed by atoms with Gasteiger partial charge in [0.15, 0.2) is 5.69 Å². The highest BCUT2D eigenvalue weighted by Gasteiger charge is 2.12. The molecule has 0 unspecified atom stereocenters. The van der Waals surface area contributed by atoms with Crippen molar-refractivity contribution < 1.29 is 9.53 Å². The van der Waals surface area contributed by atoms with Crippen LogP contribution < -0.4 is 10.1 Å². The van der Waals surface area contributed by atoms with Gasteiger partial charge in [-0.3, -0.25) is 4.79 Å². The number of amides is 1. The molecule has 1 amide bonds. The molecule has 2 rings (SSSR count). The molecule has 0 atom stereocenters. The lowest BCUT2D eigenvalue weighted by atomic mass is 10.2. The van der Waals surface area contributed by atoms with Crippen molar-refractivity contribution in [1.29, 1.82) is 0 Å². The van der Waals surface area contributed by atoms with E-state index in [9.17, 15) is 4.79 Å². The van der Waals surface area contributed by atoms with E-state index in [1.807, 2.05) is 32.0 Å². The number of aromatic amines is 1. The minimum atomic E-state index is -0.320. The summed E-state index contributed by atoms with van der Waals surface area (Å²) in [6, 6.07) is 5.63. The van der Waals surface area contributed by atoms with Crippen molar-refractivity contribution in [1.82, 2.24) is 15.4 Å². The van der Waals surface area contributed by atoms with Gasteiger partial charge in [-0.05, 0) is 31.0 Å². The van der Waals surface area contributed by atoms with E-state index in [0.29, 0.717) is 18.0 Å². The highest BCUT2D eigenvalue weighted by atomic mass is 16.5. The van der Waals surface area contributed by atoms with Crippen molar-refractivity contribution in [2.45, 2.75) is 20.3 Å². The maximum Gasteiger partial charge on any atom is 0.277 e. The zero-order valence-electron chi connectivity index (χ0n) is 10.9. The molecule has 100 valence electrons. The van der Waals surface area contributed by atoms with Crippen LogP contribution in [0.2, 0.25) is 0 Å². The van der Waals surface area contributed by atoms with Gasteiger partial charge in [-0.1, -0.05) is 13.0 Å². The maximum absolute atomic E-state index is 11.9. The summed E-state index contributed by atoms with van der Waals surface area (Å²) in [5.41, 5.74) is 1.94. The molecule has 19 heavy (non-hydrogen) atoms. The number of aryl methyl sites for hydroxylation is 1. The average molecular weight is 260 g/mol. The molecular weight excluding hydrogens is 244 g/mol. The van der Waals surface area contributed by atoms with E-state index >= 15 is 0 Å². The number of carbonyl (C=O) groups excluding carboxylic acids is 1. The molecular formula is C13H16N4O2. The van der Waals surface area contributed by atoms with Gasteiger partial charge in [0, 0.05) is 0 Å². The Morgan fingerprint density at radius 2 is 2.32 bits per heavy atom. The molecule has 1 aromatic carbocycles. The standard InChI is InChI=1S/C13H16N4O2/c1-3-6-19-12-7-9(2)4-5-10(12)15-13(18)11-8-14-17-16-11/h4-5,7-8H,3,6H2,1-2H3,(H,15,18)(H,14,16,17). The summed E-state index contributed by atoms with van der Waals surface area (Å²) in [6.45, 7) is 4.61. The molecule has 0 aliphatic rings. The fraction of sp³-hybridized carbons (Fsp3) is 0.308. The van der Waals surface area contributed by atoms with E-state index in [4.69, 9.17) is 4.74 Å². The second-order valence-corrected chi connectivity index (χ2v) is 4.16. The monoisotopic (exact) mass is 260 g/mol. The zero-order valence-corrected chi connectivity index (χ0v) is 10.9. The van der Waals surface area contributed by atoms with Gasteiger partial charge < -0.3 is 10.1 Å². The van der Waals surface area contributed by atoms with Gasteiger partial charge in [-0.25, -0.2) is 0 Å². The van der Waals surface area contributed by atoms with Crippen LogP contribution in [0.4, 0.5) is 5.69 Å². The van der Waals surface area contributed by atoms with E-state index in [1.165, 1.54) is 6.20 Å². The molecule has 6 heteroatoms. The lowest BCUT2D eigenvalue weighted by Crippen LogP contribution is -2.13. The van der Waals surface area contributed by atoms with Gasteiger partial charge in [0.1, 0.15) is 5.75 Å². The van der Waals surface area contributed by atoms with Crippen molar-refractivity contribution in [3.8, 4) is 5.75 Å². The predicted octanol–water partition coefficient (Wildman–Crippen LogP) is 2.15. The highest BCUT2D eigenvalue weighted by Crippen LogP contribution is 2.26. The fourth-order valence-electron chi connectivity index (χ4n) is 1.56. The van der Waals surface area contributed by atoms with Crippen LogP contribution in [-0.4, -0.2) is 27.9 Å². The molecule has 1 aromatic heterocycles. The summed E-state index contributed by atoms with van der Waals surface area (Å²) >= 11 is 0. The number of ether oxygens (including phenoxy) is 1. The second kappa shape index (κ2) is 5.99. The Bertz CT molecular complexity index is 552. The van der Waals surface area contributed by atoms with E-state index in [2.05, 4.69) is 20.7 Å². The van der Waals surface area contributed by atoms with E-state index in [0.717, 1.165) is 12.0 Å². The first-order chi connectivity index (χ1) is 9.20. The smallest absolute Gasteiger partial charge is 0.277 e. The molecule has 0 radical (unpaired) electrons. The molecule has 0 spiro atoms. The Morgan fingerprint density at radius 1 is 1.47 bits per heavy atom. The Morgan fingerprint density at radius 3 is 3.00 bits per heavy atom. The highest BCUT2D eigenvalue weighted by molar-refractivity contribution is 6.03. The fourth-order valence-corrected chi connectivity index (χ4v) is 1.56. The van der Waals surface area contributed by atoms with Crippen LogP contribution in [0.5, 0.6) is 5.75 Å². The Balaban J connectivity index is 2.17. The first-order valence-corrected chi connectivity index (χ1v) is 6.11. The maximum atomic E-state index is 11.9. The lowest BCUT2D eigenvalue weighted by molar-refractivity contribution is 0.102. The Kier molecular flexibility index (Phi) is 4.12. The SMILES string of the molecule is CCCOc1cc(C)ccc1NC(=O)c1cn[nH]n1. The number of nitrogens with one attached hydrogen (secondary N) is 2. The van der Waals surface area contributed by atoms with Crippen molar-refractivity contribution in [2.75, 3.05) is 11.9 Å². The number of hydrogen-bond donors (Lipinski definition) is 2. The third-order valence-corrected chi connectivity index (χ3v) is 2.49. The van der Waals surface area contributed by atoms with Crippen molar-refractivity contribution >= 4 is 11.6 Å². The number of rotatable bonds is 5. The van der Waals surface area contributed by atoms with Gasteiger partial charge in [0.25, 0.3) is 5.91 Å². The molecule has 6 nitrogen and oxygen atoms in total. The van der Waals surface area contributed by atoms with Gasteiger partial charge in [-0.15, -0.1) is 0 Å². The summed E-state index contributed by atoms with van der Waals surface area (Å²) in [5, 5.41) is 12.5. The zero-order chi connectivity index (χ0) is 13.7. The number of hydrogen-bond acceptors (Lipinski definition) is 4. The minimum absolute atomic E-state index is 0.238. The number of carbonyl (C=O) groups is 1. The third kappa shape index (κ3) is 3.31. The molecule has 0 aliphatic carbocycles. The quantitative estimate of drug-likeness (QED) is 0.863. The number of nitrogens with zero attached hydrogens (tertiary/aromatic N) is 2. The van der Waals surface area contributed by atoms with Crippen molar-refractivity contribution in [3.63, 3.8) is 0 Å². The van der Waals surface area contributed by atoms with Crippen molar-refractivity contribution in [2.24, 2.45) is 0 Å². The second-order valence-electron chi connectivity index (χ2n) is 4.16. The van der Waals surface area contributed by atoms with Crippen LogP contribution in [0.25, 0.3) is 0 Å². The summed E-state index contributed by atoms with van der Waals surface area (Å²) in [4.78, 5) is 11.9. The van der Waals surface area contributed by atoms with Crippen molar-refractivity contribution in [3.05, 3.63) is 35.7 Å². The predicted molar refractivity (Wildman–Crippen MR) is 71.3 cm³/mol. The molecule has 0 saturated heterocycles. The number of anilines is 1. The molecule has 1 heterocycles. The number of H-pyrrole nitrogens is 1. The summed E-state index contributed by atoms with van der Waals surface area (Å²) in [5.74, 6) is 0.345. The van der Waals surface area contributed by atoms with E-state index < -0.39 is 0 Å². The molecule has 0 aliphatic heterocycles.